The fraction of sp³-hybridized carbons (Fsp3) is 0.364. The minimum absolute atomic E-state index is 0.0465. The highest BCUT2D eigenvalue weighted by Crippen LogP contribution is 2.43. The molecular weight excluding hydrogens is 841 g/mol. The summed E-state index contributed by atoms with van der Waals surface area (Å²) in [5, 5.41) is 26.8. The van der Waals surface area contributed by atoms with Crippen molar-refractivity contribution in [1.29, 1.82) is 0 Å². The summed E-state index contributed by atoms with van der Waals surface area (Å²) in [6.45, 7) is 1.70. The number of thiophene rings is 2. The van der Waals surface area contributed by atoms with Crippen molar-refractivity contribution in [3.05, 3.63) is 82.6 Å². The van der Waals surface area contributed by atoms with E-state index in [0.717, 1.165) is 97.9 Å². The Balaban J connectivity index is 0.000000153. The van der Waals surface area contributed by atoms with Crippen LogP contribution >= 0.6 is 22.7 Å². The second-order valence-corrected chi connectivity index (χ2v) is 18.5. The molecule has 3 aliphatic rings. The number of nitrogens with one attached hydrogen (secondary N) is 2. The standard InChI is InChI=1S/C25H29N7O2S.C19H17N5O3S/c1-30(2)17-7-9-31(12-17)25(33)15-4-5-18-21(10-15)35-24-22(18)23(26-14-27-24)29-19-11-16-6-8-28-32(16)13-20(19)34-3;1-27-14-8-24-11(4-5-22-24)7-13(14)23-17-16-12-3-2-10(19(25)26)6-15(12)28-18(16)21-9-20-17/h6,8,11,13-15,17H,4-5,7,9-10,12H2,1-3H3,(H,26,27,29);4-5,7-10H,2-3,6H2,1H3,(H,25,26)(H,20,21,23)/t15-,17-;10-/m00/s1. The number of aromatic nitrogens is 8. The van der Waals surface area contributed by atoms with Crippen LogP contribution in [0.5, 0.6) is 11.5 Å². The van der Waals surface area contributed by atoms with Gasteiger partial charge in [-0.2, -0.15) is 10.2 Å². The third-order valence-electron chi connectivity index (χ3n) is 12.5. The van der Waals surface area contributed by atoms with E-state index in [1.54, 1.807) is 64.6 Å². The Morgan fingerprint density at radius 3 is 1.78 bits per heavy atom. The number of nitrogens with zero attached hydrogens (tertiary/aromatic N) is 10. The molecule has 9 heterocycles. The van der Waals surface area contributed by atoms with Gasteiger partial charge in [0, 0.05) is 47.2 Å². The third kappa shape index (κ3) is 7.63. The number of pyridine rings is 2. The molecule has 17 nitrogen and oxygen atoms in total. The first kappa shape index (κ1) is 40.6. The lowest BCUT2D eigenvalue weighted by molar-refractivity contribution is -0.142. The number of amides is 1. The van der Waals surface area contributed by atoms with Gasteiger partial charge in [0.05, 0.1) is 65.7 Å². The van der Waals surface area contributed by atoms with Gasteiger partial charge < -0.3 is 35.0 Å². The molecule has 0 saturated carbocycles. The molecule has 0 unspecified atom stereocenters. The van der Waals surface area contributed by atoms with Crippen molar-refractivity contribution in [2.75, 3.05) is 52.0 Å². The van der Waals surface area contributed by atoms with E-state index in [9.17, 15) is 14.7 Å². The number of rotatable bonds is 9. The molecule has 3 atom stereocenters. The SMILES string of the molecule is COc1cn2nccc2cc1Nc1ncnc2sc3c(c12)CC[C@H](C(=O)N1CC[C@H](N(C)C)C1)C3.COc1cn2nccc2cc1Nc1ncnc2sc3c(c12)CC[C@H](C(=O)O)C3. The molecule has 1 fully saturated rings. The fourth-order valence-corrected chi connectivity index (χ4v) is 11.7. The quantitative estimate of drug-likeness (QED) is 0.140. The van der Waals surface area contributed by atoms with Crippen molar-refractivity contribution in [2.24, 2.45) is 11.8 Å². The Morgan fingerprint density at radius 1 is 0.762 bits per heavy atom. The number of ether oxygens (including phenoxy) is 2. The van der Waals surface area contributed by atoms with Crippen LogP contribution in [0.2, 0.25) is 0 Å². The first-order valence-electron chi connectivity index (χ1n) is 20.9. The highest BCUT2D eigenvalue weighted by Gasteiger charge is 2.35. The van der Waals surface area contributed by atoms with Gasteiger partial charge in [-0.1, -0.05) is 0 Å². The summed E-state index contributed by atoms with van der Waals surface area (Å²) >= 11 is 3.25. The Morgan fingerprint density at radius 2 is 1.29 bits per heavy atom. The third-order valence-corrected chi connectivity index (χ3v) is 14.9. The lowest BCUT2D eigenvalue weighted by atomic mass is 9.87. The molecule has 19 heteroatoms. The van der Waals surface area contributed by atoms with E-state index >= 15 is 0 Å². The Kier molecular flexibility index (Phi) is 10.8. The molecule has 2 aliphatic carbocycles. The minimum Gasteiger partial charge on any atom is -0.493 e. The van der Waals surface area contributed by atoms with Crippen LogP contribution < -0.4 is 20.1 Å². The Bertz CT molecular complexity index is 3030. The van der Waals surface area contributed by atoms with E-state index in [2.05, 4.69) is 64.7 Å². The monoisotopic (exact) mass is 886 g/mol. The fourth-order valence-electron chi connectivity index (χ4n) is 9.12. The average molecular weight is 887 g/mol. The Hall–Kier alpha value is -6.44. The van der Waals surface area contributed by atoms with Crippen molar-refractivity contribution in [3.8, 4) is 11.5 Å². The average Bonchev–Trinajstić information content (AvgIpc) is 4.15. The summed E-state index contributed by atoms with van der Waals surface area (Å²) in [5.41, 5.74) is 5.94. The predicted molar refractivity (Wildman–Crippen MR) is 242 cm³/mol. The van der Waals surface area contributed by atoms with Crippen molar-refractivity contribution < 1.29 is 24.2 Å². The first-order chi connectivity index (χ1) is 30.6. The lowest BCUT2D eigenvalue weighted by Crippen LogP contribution is -2.39. The van der Waals surface area contributed by atoms with E-state index in [-0.39, 0.29) is 11.8 Å². The topological polar surface area (TPSA) is 190 Å². The number of fused-ring (bicyclic) bond motifs is 8. The summed E-state index contributed by atoms with van der Waals surface area (Å²) in [7, 11) is 7.46. The molecule has 3 N–H and O–H groups in total. The predicted octanol–water partition coefficient (Wildman–Crippen LogP) is 6.64. The summed E-state index contributed by atoms with van der Waals surface area (Å²) in [4.78, 5) is 51.2. The van der Waals surface area contributed by atoms with Gasteiger partial charge in [-0.25, -0.2) is 29.0 Å². The van der Waals surface area contributed by atoms with E-state index in [1.807, 2.05) is 36.7 Å². The molecule has 0 aromatic carbocycles. The van der Waals surface area contributed by atoms with E-state index in [4.69, 9.17) is 9.47 Å². The number of methoxy groups -OCH3 is 2. The first-order valence-corrected chi connectivity index (χ1v) is 22.5. The molecule has 11 rings (SSSR count). The number of likely N-dealkylation sites (tertiary alicyclic amines) is 1. The molecule has 0 bridgehead atoms. The molecule has 324 valence electrons. The molecular formula is C44H46N12O5S2. The van der Waals surface area contributed by atoms with Gasteiger partial charge in [-0.05, 0) is 94.4 Å². The number of anilines is 4. The number of hydrogen-bond donors (Lipinski definition) is 3. The van der Waals surface area contributed by atoms with Gasteiger partial charge in [0.2, 0.25) is 5.91 Å². The van der Waals surface area contributed by atoms with Crippen LogP contribution in [0.15, 0.2) is 61.7 Å². The van der Waals surface area contributed by atoms with Gasteiger partial charge in [-0.15, -0.1) is 22.7 Å². The number of carbonyl (C=O) groups excluding carboxylic acids is 1. The number of hydrogen-bond acceptors (Lipinski definition) is 15. The van der Waals surface area contributed by atoms with E-state index in [1.165, 1.54) is 16.8 Å². The van der Waals surface area contributed by atoms with Gasteiger partial charge in [0.1, 0.15) is 34.0 Å². The molecule has 0 radical (unpaired) electrons. The maximum absolute atomic E-state index is 13.3. The van der Waals surface area contributed by atoms with Crippen LogP contribution in [0.4, 0.5) is 23.0 Å². The molecule has 1 aliphatic heterocycles. The summed E-state index contributed by atoms with van der Waals surface area (Å²) < 4.78 is 14.6. The van der Waals surface area contributed by atoms with Gasteiger partial charge >= 0.3 is 5.97 Å². The number of carbonyl (C=O) groups is 2. The molecule has 8 aromatic heterocycles. The van der Waals surface area contributed by atoms with Crippen LogP contribution in [0.3, 0.4) is 0 Å². The normalized spacial score (nSPS) is 18.4. The molecule has 63 heavy (non-hydrogen) atoms. The number of carboxylic acid groups (broad SMARTS) is 1. The maximum Gasteiger partial charge on any atom is 0.306 e. The minimum atomic E-state index is -0.730. The highest BCUT2D eigenvalue weighted by molar-refractivity contribution is 7.19. The summed E-state index contributed by atoms with van der Waals surface area (Å²) in [5.74, 6) is 2.11. The molecule has 1 saturated heterocycles. The van der Waals surface area contributed by atoms with E-state index < -0.39 is 5.97 Å². The largest absolute Gasteiger partial charge is 0.493 e. The van der Waals surface area contributed by atoms with Crippen LogP contribution in [-0.2, 0) is 35.3 Å². The maximum atomic E-state index is 13.3. The van der Waals surface area contributed by atoms with Crippen LogP contribution in [0.25, 0.3) is 31.5 Å². The zero-order valence-corrected chi connectivity index (χ0v) is 36.9. The van der Waals surface area contributed by atoms with Crippen molar-refractivity contribution in [1.82, 2.24) is 49.0 Å². The Labute approximate surface area is 369 Å². The van der Waals surface area contributed by atoms with Crippen molar-refractivity contribution >= 4 is 89.0 Å². The zero-order chi connectivity index (χ0) is 43.4. The van der Waals surface area contributed by atoms with Gasteiger partial charge in [0.25, 0.3) is 0 Å². The number of carboxylic acids is 1. The number of likely N-dealkylation sites (N-methyl/N-ethyl adjacent to an activating group) is 1. The van der Waals surface area contributed by atoms with Gasteiger partial charge in [-0.3, -0.25) is 9.59 Å². The van der Waals surface area contributed by atoms with Crippen molar-refractivity contribution in [2.45, 2.75) is 51.0 Å². The van der Waals surface area contributed by atoms with Crippen molar-refractivity contribution in [3.63, 3.8) is 0 Å². The lowest BCUT2D eigenvalue weighted by Gasteiger charge is -2.27. The highest BCUT2D eigenvalue weighted by atomic mass is 32.1. The number of aliphatic carboxylic acids is 1. The molecule has 0 spiro atoms. The van der Waals surface area contributed by atoms with Gasteiger partial charge in [0.15, 0.2) is 11.5 Å². The number of aryl methyl sites for hydroxylation is 2. The van der Waals surface area contributed by atoms with Crippen LogP contribution in [0.1, 0.15) is 40.1 Å². The second kappa shape index (κ2) is 16.7. The molecule has 1 amide bonds. The summed E-state index contributed by atoms with van der Waals surface area (Å²) in [6.07, 6.45) is 15.8. The van der Waals surface area contributed by atoms with Crippen LogP contribution in [0, 0.1) is 11.8 Å². The van der Waals surface area contributed by atoms with E-state index in [0.29, 0.717) is 48.5 Å². The molecule has 8 aromatic rings. The smallest absolute Gasteiger partial charge is 0.306 e. The zero-order valence-electron chi connectivity index (χ0n) is 35.2. The van der Waals surface area contributed by atoms with Crippen LogP contribution in [-0.4, -0.2) is 113 Å². The second-order valence-electron chi connectivity index (χ2n) is 16.4. The summed E-state index contributed by atoms with van der Waals surface area (Å²) in [6, 6.07) is 8.29.